The summed E-state index contributed by atoms with van der Waals surface area (Å²) < 4.78 is 5.89. The highest BCUT2D eigenvalue weighted by Crippen LogP contribution is 2.30. The highest BCUT2D eigenvalue weighted by molar-refractivity contribution is 7.14. The lowest BCUT2D eigenvalue weighted by Gasteiger charge is -2.21. The number of carboxylic acid groups (broad SMARTS) is 1. The van der Waals surface area contributed by atoms with E-state index in [1.54, 1.807) is 18.5 Å². The van der Waals surface area contributed by atoms with Crippen LogP contribution in [0.1, 0.15) is 106 Å². The van der Waals surface area contributed by atoms with E-state index >= 15 is 0 Å². The van der Waals surface area contributed by atoms with Gasteiger partial charge in [0, 0.05) is 34.8 Å². The number of carbonyl (C=O) groups is 3. The highest BCUT2D eigenvalue weighted by Gasteiger charge is 2.28. The molecule has 4 aromatic rings. The van der Waals surface area contributed by atoms with E-state index in [1.165, 1.54) is 37.0 Å². The Labute approximate surface area is 306 Å². The Hall–Kier alpha value is -4.57. The van der Waals surface area contributed by atoms with Crippen molar-refractivity contribution in [1.29, 1.82) is 0 Å². The zero-order valence-corrected chi connectivity index (χ0v) is 31.4. The summed E-state index contributed by atoms with van der Waals surface area (Å²) >= 11 is 1.39. The SMILES string of the molecule is CCCCCCCOc1ccc(-c2cnc(-c3ccc(C[C@H](NC(=O)c4ccc(C(C)(C)C)s4)C(=O)NC(CCCC)C(=O)O)cc3)nc2)cc1. The fraction of sp³-hybridized carbons (Fsp3) is 0.439. The number of aromatic nitrogens is 2. The van der Waals surface area contributed by atoms with Crippen molar-refractivity contribution in [3.05, 3.63) is 88.4 Å². The first kappa shape index (κ1) is 39.2. The molecule has 2 atom stereocenters. The first-order valence-electron chi connectivity index (χ1n) is 18.1. The van der Waals surface area contributed by atoms with Gasteiger partial charge < -0.3 is 20.5 Å². The molecule has 3 N–H and O–H groups in total. The van der Waals surface area contributed by atoms with Gasteiger partial charge in [0.25, 0.3) is 5.91 Å². The van der Waals surface area contributed by atoms with Crippen LogP contribution in [0.5, 0.6) is 5.75 Å². The van der Waals surface area contributed by atoms with Crippen LogP contribution in [0.3, 0.4) is 0 Å². The molecule has 2 heterocycles. The number of hydrogen-bond acceptors (Lipinski definition) is 7. The van der Waals surface area contributed by atoms with Crippen LogP contribution in [0.2, 0.25) is 0 Å². The number of ether oxygens (including phenoxy) is 1. The molecule has 2 aromatic heterocycles. The van der Waals surface area contributed by atoms with Crippen LogP contribution in [0.25, 0.3) is 22.5 Å². The molecule has 10 heteroatoms. The second kappa shape index (κ2) is 19.2. The zero-order valence-electron chi connectivity index (χ0n) is 30.5. The van der Waals surface area contributed by atoms with E-state index in [4.69, 9.17) is 4.74 Å². The molecule has 2 amide bonds. The Kier molecular flexibility index (Phi) is 14.7. The number of unbranched alkanes of at least 4 members (excludes halogenated alkanes) is 5. The van der Waals surface area contributed by atoms with Gasteiger partial charge in [-0.25, -0.2) is 14.8 Å². The predicted molar refractivity (Wildman–Crippen MR) is 204 cm³/mol. The first-order valence-corrected chi connectivity index (χ1v) is 18.9. The summed E-state index contributed by atoms with van der Waals surface area (Å²) in [6.07, 6.45) is 11.5. The molecule has 0 saturated heterocycles. The number of nitrogens with one attached hydrogen (secondary N) is 2. The van der Waals surface area contributed by atoms with Gasteiger partial charge in [0.1, 0.15) is 17.8 Å². The van der Waals surface area contributed by atoms with Crippen molar-refractivity contribution in [3.63, 3.8) is 0 Å². The van der Waals surface area contributed by atoms with E-state index in [9.17, 15) is 19.5 Å². The van der Waals surface area contributed by atoms with Crippen molar-refractivity contribution in [3.8, 4) is 28.3 Å². The number of rotatable bonds is 19. The number of carbonyl (C=O) groups excluding carboxylic acids is 2. The lowest BCUT2D eigenvalue weighted by Crippen LogP contribution is -2.52. The summed E-state index contributed by atoms with van der Waals surface area (Å²) in [6, 6.07) is 17.1. The minimum Gasteiger partial charge on any atom is -0.494 e. The zero-order chi connectivity index (χ0) is 36.8. The third-order valence-electron chi connectivity index (χ3n) is 8.66. The fourth-order valence-electron chi connectivity index (χ4n) is 5.53. The third kappa shape index (κ3) is 12.0. The molecule has 2 aromatic carbocycles. The molecule has 1 unspecified atom stereocenters. The molecule has 0 spiro atoms. The van der Waals surface area contributed by atoms with Crippen LogP contribution in [-0.4, -0.2) is 51.5 Å². The first-order chi connectivity index (χ1) is 24.5. The number of aliphatic carboxylic acids is 1. The van der Waals surface area contributed by atoms with Crippen LogP contribution >= 0.6 is 11.3 Å². The summed E-state index contributed by atoms with van der Waals surface area (Å²) in [5, 5.41) is 15.3. The van der Waals surface area contributed by atoms with E-state index in [-0.39, 0.29) is 17.7 Å². The highest BCUT2D eigenvalue weighted by atomic mass is 32.1. The van der Waals surface area contributed by atoms with Crippen LogP contribution in [0.15, 0.2) is 73.1 Å². The van der Waals surface area contributed by atoms with Gasteiger partial charge in [-0.3, -0.25) is 9.59 Å². The molecule has 0 aliphatic carbocycles. The van der Waals surface area contributed by atoms with E-state index < -0.39 is 24.0 Å². The van der Waals surface area contributed by atoms with Crippen LogP contribution in [-0.2, 0) is 21.4 Å². The molecule has 0 aliphatic rings. The minimum atomic E-state index is -1.10. The van der Waals surface area contributed by atoms with Gasteiger partial charge in [0.2, 0.25) is 5.91 Å². The van der Waals surface area contributed by atoms with Crippen molar-refractivity contribution >= 4 is 29.1 Å². The molecule has 0 aliphatic heterocycles. The molecule has 0 fully saturated rings. The summed E-state index contributed by atoms with van der Waals surface area (Å²) in [5.41, 5.74) is 3.37. The van der Waals surface area contributed by atoms with Gasteiger partial charge in [0.15, 0.2) is 5.82 Å². The lowest BCUT2D eigenvalue weighted by atomic mass is 9.95. The number of hydrogen-bond donors (Lipinski definition) is 3. The summed E-state index contributed by atoms with van der Waals surface area (Å²) in [6.45, 7) is 11.1. The Morgan fingerprint density at radius 1 is 0.765 bits per heavy atom. The lowest BCUT2D eigenvalue weighted by molar-refractivity contribution is -0.142. The van der Waals surface area contributed by atoms with Crippen molar-refractivity contribution < 1.29 is 24.2 Å². The molecule has 51 heavy (non-hydrogen) atoms. The Balaban J connectivity index is 1.42. The maximum absolute atomic E-state index is 13.5. The number of amides is 2. The van der Waals surface area contributed by atoms with Gasteiger partial charge in [-0.1, -0.05) is 110 Å². The second-order valence-electron chi connectivity index (χ2n) is 14.0. The number of nitrogens with zero attached hydrogens (tertiary/aromatic N) is 2. The van der Waals surface area contributed by atoms with Crippen molar-refractivity contribution in [1.82, 2.24) is 20.6 Å². The quantitative estimate of drug-likeness (QED) is 0.0830. The minimum absolute atomic E-state index is 0.118. The maximum atomic E-state index is 13.5. The van der Waals surface area contributed by atoms with Crippen LogP contribution in [0.4, 0.5) is 0 Å². The molecule has 0 bridgehead atoms. The summed E-state index contributed by atoms with van der Waals surface area (Å²) in [5.74, 6) is -0.598. The molecular weight excluding hydrogens is 661 g/mol. The van der Waals surface area contributed by atoms with E-state index in [0.29, 0.717) is 23.5 Å². The second-order valence-corrected chi connectivity index (χ2v) is 15.0. The Morgan fingerprint density at radius 2 is 1.41 bits per heavy atom. The van der Waals surface area contributed by atoms with Gasteiger partial charge in [0.05, 0.1) is 11.5 Å². The molecule has 9 nitrogen and oxygen atoms in total. The van der Waals surface area contributed by atoms with Crippen LogP contribution < -0.4 is 15.4 Å². The average molecular weight is 713 g/mol. The van der Waals surface area contributed by atoms with Crippen molar-refractivity contribution in [2.75, 3.05) is 6.61 Å². The van der Waals surface area contributed by atoms with Gasteiger partial charge in [-0.05, 0) is 53.6 Å². The topological polar surface area (TPSA) is 131 Å². The van der Waals surface area contributed by atoms with Crippen molar-refractivity contribution in [2.24, 2.45) is 0 Å². The normalized spacial score (nSPS) is 12.6. The monoisotopic (exact) mass is 712 g/mol. The largest absolute Gasteiger partial charge is 0.494 e. The van der Waals surface area contributed by atoms with E-state index in [1.807, 2.05) is 61.5 Å². The molecule has 0 radical (unpaired) electrons. The molecule has 4 rings (SSSR count). The fourth-order valence-corrected chi connectivity index (χ4v) is 6.50. The average Bonchev–Trinajstić information content (AvgIpc) is 3.64. The predicted octanol–water partition coefficient (Wildman–Crippen LogP) is 8.62. The maximum Gasteiger partial charge on any atom is 0.326 e. The van der Waals surface area contributed by atoms with Gasteiger partial charge in [-0.15, -0.1) is 11.3 Å². The molecule has 272 valence electrons. The molecule has 0 saturated carbocycles. The Morgan fingerprint density at radius 3 is 2.02 bits per heavy atom. The third-order valence-corrected chi connectivity index (χ3v) is 10.2. The van der Waals surface area contributed by atoms with Crippen LogP contribution in [0, 0.1) is 0 Å². The van der Waals surface area contributed by atoms with E-state index in [2.05, 4.69) is 48.3 Å². The van der Waals surface area contributed by atoms with Crippen molar-refractivity contribution in [2.45, 2.75) is 110 Å². The van der Waals surface area contributed by atoms with Gasteiger partial charge >= 0.3 is 5.97 Å². The van der Waals surface area contributed by atoms with E-state index in [0.717, 1.165) is 52.3 Å². The number of thiophene rings is 1. The van der Waals surface area contributed by atoms with Gasteiger partial charge in [-0.2, -0.15) is 0 Å². The Bertz CT molecular complexity index is 1700. The summed E-state index contributed by atoms with van der Waals surface area (Å²) in [7, 11) is 0. The number of benzene rings is 2. The standard InChI is InChI=1S/C41H52N4O5S/c1-6-8-10-11-12-24-50-32-20-18-29(19-21-32)31-26-42-37(43-27-31)30-16-14-28(15-17-30)25-34(38(46)44-33(40(48)49)13-9-7-2)45-39(47)35-22-23-36(51-35)41(3,4)5/h14-23,26-27,33-34H,6-13,24-25H2,1-5H3,(H,44,46)(H,45,47)(H,48,49)/t33?,34-/m0/s1. The smallest absolute Gasteiger partial charge is 0.326 e. The molecular formula is C41H52N4O5S. The summed E-state index contributed by atoms with van der Waals surface area (Å²) in [4.78, 5) is 49.5. The number of carboxylic acids is 1.